The molecule has 276 valence electrons. The number of nitrogens with two attached hydrogens (primary N) is 1. The molecule has 4 heteroatoms. The highest BCUT2D eigenvalue weighted by Crippen LogP contribution is 2.47. The first-order chi connectivity index (χ1) is 27.1. The molecule has 9 rings (SSSR count). The number of aromatic nitrogens is 1. The summed E-state index contributed by atoms with van der Waals surface area (Å²) in [5, 5.41) is 9.85. The fourth-order valence-electron chi connectivity index (χ4n) is 7.60. The Kier molecular flexibility index (Phi) is 12.7. The Morgan fingerprint density at radius 3 is 2.11 bits per heavy atom. The first kappa shape index (κ1) is 38.5. The van der Waals surface area contributed by atoms with Crippen LogP contribution in [0.2, 0.25) is 0 Å². The molecule has 0 amide bonds. The van der Waals surface area contributed by atoms with Crippen molar-refractivity contribution in [2.75, 3.05) is 4.90 Å². The van der Waals surface area contributed by atoms with Crippen LogP contribution in [0.15, 0.2) is 176 Å². The summed E-state index contributed by atoms with van der Waals surface area (Å²) < 4.78 is 2.34. The maximum Gasteiger partial charge on any atom is 0.0629 e. The summed E-state index contributed by atoms with van der Waals surface area (Å²) >= 11 is 0. The second kappa shape index (κ2) is 18.2. The average Bonchev–Trinajstić information content (AvgIpc) is 3.78. The van der Waals surface area contributed by atoms with Crippen molar-refractivity contribution in [3.8, 4) is 16.8 Å². The summed E-state index contributed by atoms with van der Waals surface area (Å²) in [6.45, 7) is 10.6. The normalized spacial score (nSPS) is 15.2. The molecule has 1 aliphatic carbocycles. The van der Waals surface area contributed by atoms with Crippen molar-refractivity contribution in [2.24, 2.45) is 5.73 Å². The Morgan fingerprint density at radius 2 is 1.31 bits per heavy atom. The Labute approximate surface area is 327 Å². The van der Waals surface area contributed by atoms with Gasteiger partial charge in [0.25, 0.3) is 0 Å². The number of fused-ring (bicyclic) bond motifs is 6. The molecule has 0 spiro atoms. The van der Waals surface area contributed by atoms with Gasteiger partial charge in [-0.1, -0.05) is 143 Å². The lowest BCUT2D eigenvalue weighted by atomic mass is 9.91. The van der Waals surface area contributed by atoms with Crippen molar-refractivity contribution >= 4 is 45.0 Å². The number of rotatable bonds is 6. The number of nitrogens with one attached hydrogen (secondary N) is 1. The monoisotopic (exact) mass is 720 g/mol. The minimum absolute atomic E-state index is 0.362. The second-order valence-corrected chi connectivity index (χ2v) is 13.1. The van der Waals surface area contributed by atoms with Gasteiger partial charge in [0.15, 0.2) is 0 Å². The predicted molar refractivity (Wildman–Crippen MR) is 239 cm³/mol. The van der Waals surface area contributed by atoms with Crippen LogP contribution in [0.4, 0.5) is 11.4 Å². The summed E-state index contributed by atoms with van der Waals surface area (Å²) in [5.41, 5.74) is 19.1. The SMILES string of the molecule is C/C(=C\C=N)c1cccc(-c2ccc3c(c2)c2ccccc2n3-c2ccccc2)c1.CC.CC.NCc1cccc(N2c3ccccc3C3C=CC=CC32)c1. The van der Waals surface area contributed by atoms with Crippen molar-refractivity contribution in [3.05, 3.63) is 193 Å². The second-order valence-electron chi connectivity index (χ2n) is 13.1. The van der Waals surface area contributed by atoms with Crippen LogP contribution in [0, 0.1) is 5.41 Å². The van der Waals surface area contributed by atoms with Gasteiger partial charge in [0.1, 0.15) is 0 Å². The highest BCUT2D eigenvalue weighted by Gasteiger charge is 2.36. The van der Waals surface area contributed by atoms with E-state index >= 15 is 0 Å². The molecule has 0 saturated heterocycles. The van der Waals surface area contributed by atoms with E-state index in [4.69, 9.17) is 11.1 Å². The van der Waals surface area contributed by atoms with Crippen LogP contribution >= 0.6 is 0 Å². The Morgan fingerprint density at radius 1 is 0.636 bits per heavy atom. The minimum Gasteiger partial charge on any atom is -0.333 e. The van der Waals surface area contributed by atoms with Crippen molar-refractivity contribution in [2.45, 2.75) is 53.1 Å². The van der Waals surface area contributed by atoms with E-state index in [9.17, 15) is 0 Å². The first-order valence-corrected chi connectivity index (χ1v) is 19.5. The number of nitrogens with zero attached hydrogens (tertiary/aromatic N) is 2. The van der Waals surface area contributed by atoms with E-state index in [-0.39, 0.29) is 0 Å². The molecule has 0 fully saturated rings. The van der Waals surface area contributed by atoms with Crippen molar-refractivity contribution in [1.29, 1.82) is 5.41 Å². The molecule has 55 heavy (non-hydrogen) atoms. The van der Waals surface area contributed by atoms with Crippen molar-refractivity contribution in [1.82, 2.24) is 4.57 Å². The largest absolute Gasteiger partial charge is 0.333 e. The average molecular weight is 721 g/mol. The molecule has 1 aliphatic heterocycles. The predicted octanol–water partition coefficient (Wildman–Crippen LogP) is 13.4. The molecule has 2 unspecified atom stereocenters. The summed E-state index contributed by atoms with van der Waals surface area (Å²) in [6.07, 6.45) is 12.1. The first-order valence-electron chi connectivity index (χ1n) is 19.5. The van der Waals surface area contributed by atoms with Crippen molar-refractivity contribution in [3.63, 3.8) is 0 Å². The number of para-hydroxylation sites is 3. The van der Waals surface area contributed by atoms with Crippen LogP contribution in [0.1, 0.15) is 57.2 Å². The van der Waals surface area contributed by atoms with E-state index in [1.807, 2.05) is 40.7 Å². The molecular weight excluding hydrogens is 669 g/mol. The van der Waals surface area contributed by atoms with E-state index < -0.39 is 0 Å². The van der Waals surface area contributed by atoms with Gasteiger partial charge in [0.2, 0.25) is 0 Å². The molecule has 3 N–H and O–H groups in total. The Bertz CT molecular complexity index is 2460. The zero-order valence-corrected chi connectivity index (χ0v) is 32.7. The van der Waals surface area contributed by atoms with Crippen LogP contribution in [-0.4, -0.2) is 16.8 Å². The molecule has 0 radical (unpaired) electrons. The van der Waals surface area contributed by atoms with Crippen LogP contribution in [0.5, 0.6) is 0 Å². The van der Waals surface area contributed by atoms with Gasteiger partial charge in [0, 0.05) is 46.5 Å². The third kappa shape index (κ3) is 7.87. The molecule has 2 aliphatic rings. The molecule has 4 nitrogen and oxygen atoms in total. The number of anilines is 2. The van der Waals surface area contributed by atoms with E-state index in [1.165, 1.54) is 67.3 Å². The molecule has 0 bridgehead atoms. The Balaban J connectivity index is 0.000000180. The van der Waals surface area contributed by atoms with Gasteiger partial charge in [-0.2, -0.15) is 0 Å². The van der Waals surface area contributed by atoms with Crippen LogP contribution < -0.4 is 10.6 Å². The van der Waals surface area contributed by atoms with Gasteiger partial charge in [-0.3, -0.25) is 0 Å². The van der Waals surface area contributed by atoms with Gasteiger partial charge < -0.3 is 20.6 Å². The molecule has 6 aromatic carbocycles. The molecule has 1 aromatic heterocycles. The molecule has 2 heterocycles. The number of hydrogen-bond donors (Lipinski definition) is 2. The topological polar surface area (TPSA) is 58.0 Å². The lowest BCUT2D eigenvalue weighted by Gasteiger charge is -2.29. The third-order valence-corrected chi connectivity index (χ3v) is 10.1. The highest BCUT2D eigenvalue weighted by molar-refractivity contribution is 6.10. The summed E-state index contributed by atoms with van der Waals surface area (Å²) in [4.78, 5) is 2.43. The Hall–Kier alpha value is -6.23. The number of allylic oxidation sites excluding steroid dienone is 4. The molecular formula is C51H52N4. The fraction of sp³-hybridized carbons (Fsp3) is 0.157. The lowest BCUT2D eigenvalue weighted by Crippen LogP contribution is -2.28. The third-order valence-electron chi connectivity index (χ3n) is 10.1. The molecule has 7 aromatic rings. The summed E-state index contributed by atoms with van der Waals surface area (Å²) in [7, 11) is 0. The van der Waals surface area contributed by atoms with E-state index in [0.717, 1.165) is 11.1 Å². The fourth-order valence-corrected chi connectivity index (χ4v) is 7.60. The smallest absolute Gasteiger partial charge is 0.0629 e. The number of hydrogen-bond acceptors (Lipinski definition) is 3. The van der Waals surface area contributed by atoms with E-state index in [2.05, 4.69) is 179 Å². The van der Waals surface area contributed by atoms with Crippen LogP contribution in [-0.2, 0) is 6.54 Å². The van der Waals surface area contributed by atoms with Crippen molar-refractivity contribution < 1.29 is 0 Å². The minimum atomic E-state index is 0.362. The van der Waals surface area contributed by atoms with Crippen LogP contribution in [0.25, 0.3) is 44.2 Å². The zero-order chi connectivity index (χ0) is 38.7. The lowest BCUT2D eigenvalue weighted by molar-refractivity contribution is 0.744. The molecule has 0 saturated carbocycles. The van der Waals surface area contributed by atoms with Gasteiger partial charge in [-0.25, -0.2) is 0 Å². The number of benzene rings is 6. The van der Waals surface area contributed by atoms with E-state index in [1.54, 1.807) is 0 Å². The quantitative estimate of drug-likeness (QED) is 0.168. The van der Waals surface area contributed by atoms with Crippen LogP contribution in [0.3, 0.4) is 0 Å². The highest BCUT2D eigenvalue weighted by atomic mass is 15.2. The summed E-state index contributed by atoms with van der Waals surface area (Å²) in [6, 6.07) is 52.0. The standard InChI is InChI=1S/C28H22N2.C19H18N2.2C2H6/c1-20(16-17-29)21-8-7-9-22(18-21)23-14-15-28-26(19-23)25-12-5-6-13-27(25)30(28)24-10-3-2-4-11-24;20-13-14-6-5-7-15(12-14)21-18-10-3-1-8-16(18)17-9-2-4-11-19(17)21;2*1-2/h2-19,29H,1H3;1-12,16,18H,13,20H2;2*1-2H3/b20-16+,29-17?;;;. The van der Waals surface area contributed by atoms with E-state index in [0.29, 0.717) is 18.5 Å². The maximum absolute atomic E-state index is 7.34. The zero-order valence-electron chi connectivity index (χ0n) is 32.7. The van der Waals surface area contributed by atoms with Gasteiger partial charge in [0.05, 0.1) is 17.1 Å². The van der Waals surface area contributed by atoms with Gasteiger partial charge >= 0.3 is 0 Å². The molecule has 2 atom stereocenters. The summed E-state index contributed by atoms with van der Waals surface area (Å²) in [5.74, 6) is 0.438. The van der Waals surface area contributed by atoms with Gasteiger partial charge in [-0.15, -0.1) is 0 Å². The van der Waals surface area contributed by atoms with Gasteiger partial charge in [-0.05, 0) is 101 Å². The maximum atomic E-state index is 7.34.